The molecule has 1 heteroatoms. The van der Waals surface area contributed by atoms with E-state index in [1.54, 1.807) is 5.57 Å². The maximum atomic E-state index is 5.32. The van der Waals surface area contributed by atoms with E-state index in [2.05, 4.69) is 6.08 Å². The van der Waals surface area contributed by atoms with Crippen molar-refractivity contribution >= 4 is 0 Å². The minimum absolute atomic E-state index is 0.902. The lowest BCUT2D eigenvalue weighted by Gasteiger charge is -2.20. The average Bonchev–Trinajstić information content (AvgIpc) is 2.33. The molecule has 1 atom stereocenters. The summed E-state index contributed by atoms with van der Waals surface area (Å²) in [5, 5.41) is 0. The molecule has 1 unspecified atom stereocenters. The predicted octanol–water partition coefficient (Wildman–Crippen LogP) is 1.74. The van der Waals surface area contributed by atoms with Crippen LogP contribution in [0.1, 0.15) is 19.3 Å². The Balaban J connectivity index is 2.09. The molecule has 1 fully saturated rings. The first kappa shape index (κ1) is 5.48. The maximum absolute atomic E-state index is 5.32. The van der Waals surface area contributed by atoms with Gasteiger partial charge in [-0.15, -0.1) is 0 Å². The van der Waals surface area contributed by atoms with E-state index in [9.17, 15) is 0 Å². The van der Waals surface area contributed by atoms with Gasteiger partial charge in [0.15, 0.2) is 0 Å². The largest absolute Gasteiger partial charge is 0.377 e. The standard InChI is InChI=1S/C8H12O/c1-2-7-4-5-9-6-8(7)3-1/h3,7H,1-2,4-6H2. The molecule has 2 rings (SSSR count). The molecule has 0 N–H and O–H groups in total. The van der Waals surface area contributed by atoms with Gasteiger partial charge in [0.1, 0.15) is 0 Å². The SMILES string of the molecule is C1=C2COCCC2CC1. The van der Waals surface area contributed by atoms with Gasteiger partial charge in [0, 0.05) is 6.61 Å². The van der Waals surface area contributed by atoms with Crippen molar-refractivity contribution in [2.75, 3.05) is 13.2 Å². The minimum atomic E-state index is 0.902. The normalized spacial score (nSPS) is 33.8. The number of hydrogen-bond donors (Lipinski definition) is 0. The lowest BCUT2D eigenvalue weighted by atomic mass is 9.97. The van der Waals surface area contributed by atoms with E-state index in [4.69, 9.17) is 4.74 Å². The van der Waals surface area contributed by atoms with E-state index in [0.29, 0.717) is 0 Å². The molecule has 1 heterocycles. The molecule has 9 heavy (non-hydrogen) atoms. The predicted molar refractivity (Wildman–Crippen MR) is 36.2 cm³/mol. The summed E-state index contributed by atoms with van der Waals surface area (Å²) in [5.41, 5.74) is 1.57. The second kappa shape index (κ2) is 2.14. The Kier molecular flexibility index (Phi) is 1.31. The second-order valence-electron chi connectivity index (χ2n) is 2.89. The molecule has 0 bridgehead atoms. The number of fused-ring (bicyclic) bond motifs is 1. The zero-order chi connectivity index (χ0) is 6.10. The molecule has 1 aliphatic carbocycles. The van der Waals surface area contributed by atoms with Crippen LogP contribution in [-0.4, -0.2) is 13.2 Å². The number of hydrogen-bond acceptors (Lipinski definition) is 1. The Bertz CT molecular complexity index is 138. The summed E-state index contributed by atoms with van der Waals surface area (Å²) in [5.74, 6) is 0.902. The van der Waals surface area contributed by atoms with Crippen LogP contribution in [0.15, 0.2) is 11.6 Å². The molecule has 2 aliphatic rings. The first-order valence-corrected chi connectivity index (χ1v) is 3.73. The molecule has 0 radical (unpaired) electrons. The zero-order valence-electron chi connectivity index (χ0n) is 5.60. The van der Waals surface area contributed by atoms with Crippen molar-refractivity contribution in [3.8, 4) is 0 Å². The van der Waals surface area contributed by atoms with E-state index in [0.717, 1.165) is 19.1 Å². The van der Waals surface area contributed by atoms with E-state index in [-0.39, 0.29) is 0 Å². The molecule has 0 amide bonds. The van der Waals surface area contributed by atoms with Crippen LogP contribution >= 0.6 is 0 Å². The van der Waals surface area contributed by atoms with Crippen molar-refractivity contribution in [2.24, 2.45) is 5.92 Å². The third-order valence-corrected chi connectivity index (χ3v) is 2.33. The molecule has 0 aromatic heterocycles. The highest BCUT2D eigenvalue weighted by molar-refractivity contribution is 5.14. The Hall–Kier alpha value is -0.300. The Morgan fingerprint density at radius 3 is 3.33 bits per heavy atom. The molecule has 50 valence electrons. The Labute approximate surface area is 55.7 Å². The smallest absolute Gasteiger partial charge is 0.0679 e. The second-order valence-corrected chi connectivity index (χ2v) is 2.89. The van der Waals surface area contributed by atoms with Gasteiger partial charge in [0.05, 0.1) is 6.61 Å². The van der Waals surface area contributed by atoms with Crippen LogP contribution < -0.4 is 0 Å². The van der Waals surface area contributed by atoms with Crippen molar-refractivity contribution in [1.29, 1.82) is 0 Å². The Morgan fingerprint density at radius 2 is 2.44 bits per heavy atom. The van der Waals surface area contributed by atoms with Gasteiger partial charge in [-0.1, -0.05) is 6.08 Å². The molecule has 1 nitrogen and oxygen atoms in total. The highest BCUT2D eigenvalue weighted by atomic mass is 16.5. The minimum Gasteiger partial charge on any atom is -0.377 e. The maximum Gasteiger partial charge on any atom is 0.0679 e. The quantitative estimate of drug-likeness (QED) is 0.447. The van der Waals surface area contributed by atoms with Crippen LogP contribution in [0.2, 0.25) is 0 Å². The third-order valence-electron chi connectivity index (χ3n) is 2.33. The van der Waals surface area contributed by atoms with Gasteiger partial charge in [-0.25, -0.2) is 0 Å². The van der Waals surface area contributed by atoms with Gasteiger partial charge < -0.3 is 4.74 Å². The van der Waals surface area contributed by atoms with E-state index in [1.807, 2.05) is 0 Å². The number of ether oxygens (including phenoxy) is 1. The molecule has 1 aliphatic heterocycles. The highest BCUT2D eigenvalue weighted by Crippen LogP contribution is 2.31. The fraction of sp³-hybridized carbons (Fsp3) is 0.750. The van der Waals surface area contributed by atoms with Crippen molar-refractivity contribution in [3.63, 3.8) is 0 Å². The molecule has 0 spiro atoms. The van der Waals surface area contributed by atoms with Crippen LogP contribution in [0.4, 0.5) is 0 Å². The van der Waals surface area contributed by atoms with E-state index >= 15 is 0 Å². The number of allylic oxidation sites excluding steroid dienone is 1. The van der Waals surface area contributed by atoms with E-state index < -0.39 is 0 Å². The molecular weight excluding hydrogens is 112 g/mol. The van der Waals surface area contributed by atoms with Crippen molar-refractivity contribution in [1.82, 2.24) is 0 Å². The van der Waals surface area contributed by atoms with Crippen molar-refractivity contribution in [3.05, 3.63) is 11.6 Å². The van der Waals surface area contributed by atoms with Gasteiger partial charge in [-0.05, 0) is 30.8 Å². The lowest BCUT2D eigenvalue weighted by molar-refractivity contribution is 0.109. The van der Waals surface area contributed by atoms with Crippen molar-refractivity contribution < 1.29 is 4.74 Å². The summed E-state index contributed by atoms with van der Waals surface area (Å²) in [6.45, 7) is 1.91. The summed E-state index contributed by atoms with van der Waals surface area (Å²) < 4.78 is 5.32. The monoisotopic (exact) mass is 124 g/mol. The third kappa shape index (κ3) is 0.897. The van der Waals surface area contributed by atoms with Gasteiger partial charge >= 0.3 is 0 Å². The highest BCUT2D eigenvalue weighted by Gasteiger charge is 2.21. The molecule has 0 aromatic carbocycles. The van der Waals surface area contributed by atoms with Gasteiger partial charge in [0.2, 0.25) is 0 Å². The summed E-state index contributed by atoms with van der Waals surface area (Å²) >= 11 is 0. The molecular formula is C8H12O. The summed E-state index contributed by atoms with van der Waals surface area (Å²) in [4.78, 5) is 0. The van der Waals surface area contributed by atoms with Gasteiger partial charge in [-0.3, -0.25) is 0 Å². The fourth-order valence-electron chi connectivity index (χ4n) is 1.74. The lowest BCUT2D eigenvalue weighted by Crippen LogP contribution is -2.15. The summed E-state index contributed by atoms with van der Waals surface area (Å²) in [6.07, 6.45) is 6.30. The van der Waals surface area contributed by atoms with Crippen molar-refractivity contribution in [2.45, 2.75) is 19.3 Å². The Morgan fingerprint density at radius 1 is 1.44 bits per heavy atom. The first-order chi connectivity index (χ1) is 4.47. The van der Waals surface area contributed by atoms with Crippen LogP contribution in [0.5, 0.6) is 0 Å². The van der Waals surface area contributed by atoms with Gasteiger partial charge in [-0.2, -0.15) is 0 Å². The molecule has 1 saturated heterocycles. The summed E-state index contributed by atoms with van der Waals surface area (Å²) in [6, 6.07) is 0. The van der Waals surface area contributed by atoms with Crippen LogP contribution in [0.3, 0.4) is 0 Å². The van der Waals surface area contributed by atoms with E-state index in [1.165, 1.54) is 19.3 Å². The summed E-state index contributed by atoms with van der Waals surface area (Å²) in [7, 11) is 0. The number of rotatable bonds is 0. The van der Waals surface area contributed by atoms with Crippen LogP contribution in [-0.2, 0) is 4.74 Å². The van der Waals surface area contributed by atoms with Gasteiger partial charge in [0.25, 0.3) is 0 Å². The zero-order valence-corrected chi connectivity index (χ0v) is 5.60. The van der Waals surface area contributed by atoms with Crippen LogP contribution in [0, 0.1) is 5.92 Å². The molecule has 0 aromatic rings. The fourth-order valence-corrected chi connectivity index (χ4v) is 1.74. The first-order valence-electron chi connectivity index (χ1n) is 3.73. The average molecular weight is 124 g/mol. The topological polar surface area (TPSA) is 9.23 Å². The van der Waals surface area contributed by atoms with Crippen LogP contribution in [0.25, 0.3) is 0 Å². The molecule has 0 saturated carbocycles.